The van der Waals surface area contributed by atoms with E-state index in [1.165, 1.54) is 6.08 Å². The molecule has 0 aromatic carbocycles. The minimum absolute atomic E-state index is 0.115. The lowest BCUT2D eigenvalue weighted by molar-refractivity contribution is -0.197. The van der Waals surface area contributed by atoms with Gasteiger partial charge in [0.1, 0.15) is 0 Å². The third-order valence-electron chi connectivity index (χ3n) is 10.5. The van der Waals surface area contributed by atoms with E-state index < -0.39 is 69.8 Å². The van der Waals surface area contributed by atoms with Crippen molar-refractivity contribution in [1.29, 1.82) is 0 Å². The van der Waals surface area contributed by atoms with Gasteiger partial charge in [-0.15, -0.1) is 0 Å². The molecule has 3 saturated carbocycles. The zero-order valence-electron chi connectivity index (χ0n) is 21.6. The van der Waals surface area contributed by atoms with Crippen LogP contribution in [-0.2, 0) is 4.79 Å². The molecule has 7 N–H and O–H groups in total. The molecule has 0 amide bonds. The van der Waals surface area contributed by atoms with Gasteiger partial charge in [0.25, 0.3) is 0 Å². The summed E-state index contributed by atoms with van der Waals surface area (Å²) < 4.78 is 0. The average Bonchev–Trinajstić information content (AvgIpc) is 2.99. The molecule has 0 aliphatic heterocycles. The second kappa shape index (κ2) is 8.32. The Morgan fingerprint density at radius 2 is 1.69 bits per heavy atom. The van der Waals surface area contributed by atoms with Crippen LogP contribution < -0.4 is 0 Å². The fourth-order valence-corrected chi connectivity index (χ4v) is 8.44. The van der Waals surface area contributed by atoms with Crippen LogP contribution in [0.5, 0.6) is 0 Å². The lowest BCUT2D eigenvalue weighted by Gasteiger charge is -2.62. The molecular weight excluding hydrogens is 452 g/mol. The van der Waals surface area contributed by atoms with Gasteiger partial charge in [-0.1, -0.05) is 13.8 Å². The molecule has 200 valence electrons. The summed E-state index contributed by atoms with van der Waals surface area (Å²) in [6, 6.07) is 0. The maximum atomic E-state index is 13.3. The molecular formula is C27H44O8. The van der Waals surface area contributed by atoms with Crippen LogP contribution in [0.3, 0.4) is 0 Å². The molecule has 0 saturated heterocycles. The highest BCUT2D eigenvalue weighted by Gasteiger charge is 2.71. The quantitative estimate of drug-likeness (QED) is 0.295. The van der Waals surface area contributed by atoms with E-state index in [1.54, 1.807) is 20.8 Å². The van der Waals surface area contributed by atoms with E-state index in [0.29, 0.717) is 12.0 Å². The SMILES string of the molecule is CC(C)(O)CC[C@@H](O)C(C)(O)[C@@H]1CC[C@@]2(O)C3=CC(=O)[C@@H]4C[C@@H](O)[C@@H](O)C[C@]4(C)C3C(O)C[C@]12C. The number of allylic oxidation sites excluding steroid dienone is 1. The summed E-state index contributed by atoms with van der Waals surface area (Å²) >= 11 is 0. The number of carbonyl (C=O) groups is 1. The molecule has 3 unspecified atom stereocenters. The Kier molecular flexibility index (Phi) is 6.46. The van der Waals surface area contributed by atoms with E-state index in [9.17, 15) is 40.5 Å². The maximum Gasteiger partial charge on any atom is 0.159 e. The first-order valence-electron chi connectivity index (χ1n) is 13.0. The average molecular weight is 497 g/mol. The number of carbonyl (C=O) groups excluding carboxylic acids is 1. The smallest absolute Gasteiger partial charge is 0.159 e. The van der Waals surface area contributed by atoms with Gasteiger partial charge in [0, 0.05) is 17.3 Å². The third kappa shape index (κ3) is 3.95. The van der Waals surface area contributed by atoms with E-state index in [2.05, 4.69) is 0 Å². The molecule has 4 aliphatic rings. The van der Waals surface area contributed by atoms with E-state index in [0.717, 1.165) is 0 Å². The predicted octanol–water partition coefficient (Wildman–Crippen LogP) is 0.825. The molecule has 0 spiro atoms. The van der Waals surface area contributed by atoms with Crippen molar-refractivity contribution in [1.82, 2.24) is 0 Å². The first-order chi connectivity index (χ1) is 15.9. The minimum Gasteiger partial charge on any atom is -0.392 e. The lowest BCUT2D eigenvalue weighted by atomic mass is 9.45. The number of aliphatic hydroxyl groups excluding tert-OH is 4. The van der Waals surface area contributed by atoms with Gasteiger partial charge in [0.2, 0.25) is 0 Å². The van der Waals surface area contributed by atoms with Gasteiger partial charge in [-0.2, -0.15) is 0 Å². The van der Waals surface area contributed by atoms with Gasteiger partial charge in [-0.3, -0.25) is 4.79 Å². The number of hydrogen-bond acceptors (Lipinski definition) is 8. The van der Waals surface area contributed by atoms with Crippen LogP contribution in [0.1, 0.15) is 79.6 Å². The first kappa shape index (κ1) is 27.2. The molecule has 35 heavy (non-hydrogen) atoms. The van der Waals surface area contributed by atoms with E-state index >= 15 is 0 Å². The first-order valence-corrected chi connectivity index (χ1v) is 13.0. The summed E-state index contributed by atoms with van der Waals surface area (Å²) in [6.07, 6.45) is -1.08. The third-order valence-corrected chi connectivity index (χ3v) is 10.5. The Morgan fingerprint density at radius 1 is 1.06 bits per heavy atom. The highest BCUT2D eigenvalue weighted by molar-refractivity contribution is 5.95. The van der Waals surface area contributed by atoms with Gasteiger partial charge in [0.15, 0.2) is 5.78 Å². The van der Waals surface area contributed by atoms with E-state index in [1.807, 2.05) is 13.8 Å². The minimum atomic E-state index is -1.59. The van der Waals surface area contributed by atoms with Gasteiger partial charge >= 0.3 is 0 Å². The van der Waals surface area contributed by atoms with Gasteiger partial charge in [-0.25, -0.2) is 0 Å². The molecule has 0 aromatic heterocycles. The molecule has 8 heteroatoms. The fraction of sp³-hybridized carbons (Fsp3) is 0.889. The Balaban J connectivity index is 1.71. The Labute approximate surface area is 207 Å². The predicted molar refractivity (Wildman–Crippen MR) is 128 cm³/mol. The molecule has 4 aliphatic carbocycles. The van der Waals surface area contributed by atoms with Crippen LogP contribution in [0.25, 0.3) is 0 Å². The molecule has 3 fully saturated rings. The summed E-state index contributed by atoms with van der Waals surface area (Å²) in [6.45, 7) is 8.52. The fourth-order valence-electron chi connectivity index (χ4n) is 8.44. The number of fused-ring (bicyclic) bond motifs is 5. The molecule has 4 rings (SSSR count). The standard InChI is InChI=1S/C27H44O8/c1-23(2,33)8-7-21(32)26(5,34)20-6-9-27(35)15-11-16(28)14-10-17(29)18(30)12-24(14,3)22(15)19(31)13-25(20,27)4/h11,14,17-22,29-35H,6-10,12-13H2,1-5H3/t14-,17+,18-,19?,20+,21+,22?,24-,25+,26?,27+/m0/s1. The number of rotatable bonds is 5. The van der Waals surface area contributed by atoms with Crippen LogP contribution in [0.4, 0.5) is 0 Å². The monoisotopic (exact) mass is 496 g/mol. The lowest BCUT2D eigenvalue weighted by Crippen LogP contribution is -2.66. The van der Waals surface area contributed by atoms with Crippen molar-refractivity contribution >= 4 is 5.78 Å². The molecule has 11 atom stereocenters. The van der Waals surface area contributed by atoms with Crippen molar-refractivity contribution < 1.29 is 40.5 Å². The zero-order valence-corrected chi connectivity index (χ0v) is 21.6. The number of ketones is 1. The molecule has 0 radical (unpaired) electrons. The second-order valence-electron chi connectivity index (χ2n) is 13.3. The number of aliphatic hydroxyl groups is 7. The topological polar surface area (TPSA) is 159 Å². The van der Waals surface area contributed by atoms with Crippen LogP contribution in [-0.4, -0.2) is 82.7 Å². The number of hydrogen-bond donors (Lipinski definition) is 7. The Bertz CT molecular complexity index is 892. The van der Waals surface area contributed by atoms with Crippen LogP contribution in [0, 0.1) is 28.6 Å². The summed E-state index contributed by atoms with van der Waals surface area (Å²) in [4.78, 5) is 13.3. The highest BCUT2D eigenvalue weighted by Crippen LogP contribution is 2.68. The van der Waals surface area contributed by atoms with Gasteiger partial charge in [0.05, 0.1) is 41.2 Å². The van der Waals surface area contributed by atoms with Gasteiger partial charge in [-0.05, 0) is 88.7 Å². The van der Waals surface area contributed by atoms with Crippen molar-refractivity contribution in [2.45, 2.75) is 121 Å². The normalized spacial score (nSPS) is 48.3. The van der Waals surface area contributed by atoms with Crippen LogP contribution in [0.2, 0.25) is 0 Å². The van der Waals surface area contributed by atoms with Crippen molar-refractivity contribution in [2.24, 2.45) is 28.6 Å². The summed E-state index contributed by atoms with van der Waals surface area (Å²) in [5, 5.41) is 77.0. The molecule has 8 nitrogen and oxygen atoms in total. The summed E-state index contributed by atoms with van der Waals surface area (Å²) in [7, 11) is 0. The Morgan fingerprint density at radius 3 is 2.29 bits per heavy atom. The summed E-state index contributed by atoms with van der Waals surface area (Å²) in [5.41, 5.74) is -5.42. The van der Waals surface area contributed by atoms with Crippen LogP contribution >= 0.6 is 0 Å². The van der Waals surface area contributed by atoms with E-state index in [-0.39, 0.29) is 44.3 Å². The highest BCUT2D eigenvalue weighted by atomic mass is 16.3. The van der Waals surface area contributed by atoms with Gasteiger partial charge < -0.3 is 35.7 Å². The molecule has 0 aromatic rings. The molecule has 0 bridgehead atoms. The Hall–Kier alpha value is -0.870. The van der Waals surface area contributed by atoms with Crippen molar-refractivity contribution in [3.63, 3.8) is 0 Å². The maximum absolute atomic E-state index is 13.3. The zero-order chi connectivity index (χ0) is 26.4. The van der Waals surface area contributed by atoms with Crippen LogP contribution in [0.15, 0.2) is 11.6 Å². The molecule has 0 heterocycles. The second-order valence-corrected chi connectivity index (χ2v) is 13.3. The summed E-state index contributed by atoms with van der Waals surface area (Å²) in [5.74, 6) is -1.89. The largest absolute Gasteiger partial charge is 0.392 e. The van der Waals surface area contributed by atoms with Crippen molar-refractivity contribution in [2.75, 3.05) is 0 Å². The van der Waals surface area contributed by atoms with Crippen molar-refractivity contribution in [3.05, 3.63) is 11.6 Å². The van der Waals surface area contributed by atoms with E-state index in [4.69, 9.17) is 0 Å². The van der Waals surface area contributed by atoms with Crippen molar-refractivity contribution in [3.8, 4) is 0 Å².